The van der Waals surface area contributed by atoms with Crippen molar-refractivity contribution < 1.29 is 5.11 Å². The molecule has 0 amide bonds. The highest BCUT2D eigenvalue weighted by atomic mass is 32.2. The molecule has 0 aromatic rings. The molecule has 0 bridgehead atoms. The largest absolute Gasteiger partial charge is 0.225 e. The van der Waals surface area contributed by atoms with Gasteiger partial charge in [0.1, 0.15) is 5.94 Å². The molecular weight excluding hydrogens is 120 g/mol. The van der Waals surface area contributed by atoms with E-state index in [1.54, 1.807) is 0 Å². The van der Waals surface area contributed by atoms with Crippen molar-refractivity contribution in [2.24, 2.45) is 5.92 Å². The van der Waals surface area contributed by atoms with Gasteiger partial charge in [0.25, 0.3) is 0 Å². The third-order valence-electron chi connectivity index (χ3n) is 1.27. The minimum absolute atomic E-state index is 0.000648. The Kier molecular flexibility index (Phi) is 4.38. The second-order valence-electron chi connectivity index (χ2n) is 2.23. The zero-order valence-electron chi connectivity index (χ0n) is 5.68. The average molecular weight is 133 g/mol. The Morgan fingerprint density at radius 2 is 1.88 bits per heavy atom. The number of hydrogen-bond acceptors (Lipinski definition) is 1. The van der Waals surface area contributed by atoms with E-state index in [-0.39, 0.29) is 5.94 Å². The summed E-state index contributed by atoms with van der Waals surface area (Å²) in [5, 5.41) is 10.5. The fourth-order valence-electron chi connectivity index (χ4n) is 0.300. The van der Waals surface area contributed by atoms with Gasteiger partial charge in [0.05, 0.1) is 0 Å². The lowest BCUT2D eigenvalue weighted by Crippen LogP contribution is -2.05. The van der Waals surface area contributed by atoms with Gasteiger partial charge in [0.15, 0.2) is 0 Å². The fourth-order valence-corrected chi connectivity index (χ4v) is 0.899. The maximum atomic E-state index is 10.0. The summed E-state index contributed by atoms with van der Waals surface area (Å²) in [6, 6.07) is 0. The van der Waals surface area contributed by atoms with Crippen LogP contribution in [0.1, 0.15) is 20.8 Å². The van der Waals surface area contributed by atoms with E-state index in [1.807, 2.05) is 0 Å². The Morgan fingerprint density at radius 1 is 1.38 bits per heavy atom. The molecule has 1 radical (unpaired) electrons. The molecule has 0 saturated carbocycles. The van der Waals surface area contributed by atoms with Crippen molar-refractivity contribution in [3.8, 4) is 0 Å². The van der Waals surface area contributed by atoms with E-state index in [4.69, 9.17) is 0 Å². The molecule has 0 heterocycles. The van der Waals surface area contributed by atoms with Crippen molar-refractivity contribution in [2.45, 2.75) is 26.0 Å². The van der Waals surface area contributed by atoms with Crippen LogP contribution in [-0.4, -0.2) is 11.2 Å². The average Bonchev–Trinajstić information content (AvgIpc) is 1.67. The van der Waals surface area contributed by atoms with Gasteiger partial charge in [-0.05, 0) is 5.92 Å². The first kappa shape index (κ1) is 8.31. The molecule has 49 valence electrons. The van der Waals surface area contributed by atoms with Gasteiger partial charge < -0.3 is 0 Å². The van der Waals surface area contributed by atoms with E-state index < -0.39 is 0 Å². The van der Waals surface area contributed by atoms with Crippen LogP contribution in [0.3, 0.4) is 0 Å². The summed E-state index contributed by atoms with van der Waals surface area (Å²) < 4.78 is 0. The second-order valence-corrected chi connectivity index (χ2v) is 3.55. The van der Waals surface area contributed by atoms with Gasteiger partial charge in [0, 0.05) is 5.25 Å². The molecule has 0 aliphatic heterocycles. The minimum Gasteiger partial charge on any atom is -0.225 e. The van der Waals surface area contributed by atoms with E-state index in [0.717, 1.165) is 0 Å². The number of hydrogen-bond donors (Lipinski definition) is 0. The molecule has 0 aromatic carbocycles. The van der Waals surface area contributed by atoms with Gasteiger partial charge in [0.2, 0.25) is 0 Å². The van der Waals surface area contributed by atoms with E-state index in [9.17, 15) is 5.11 Å². The van der Waals surface area contributed by atoms with Crippen LogP contribution in [0.5, 0.6) is 0 Å². The van der Waals surface area contributed by atoms with Crippen molar-refractivity contribution in [3.05, 3.63) is 0 Å². The second kappa shape index (κ2) is 4.21. The van der Waals surface area contributed by atoms with Crippen molar-refractivity contribution in [3.63, 3.8) is 0 Å². The van der Waals surface area contributed by atoms with Crippen molar-refractivity contribution in [1.29, 1.82) is 0 Å². The molecule has 1 unspecified atom stereocenters. The molecule has 1 atom stereocenters. The zero-order valence-corrected chi connectivity index (χ0v) is 6.49. The summed E-state index contributed by atoms with van der Waals surface area (Å²) in [6.07, 6.45) is 0. The van der Waals surface area contributed by atoms with Crippen LogP contribution in [0.4, 0.5) is 0 Å². The summed E-state index contributed by atoms with van der Waals surface area (Å²) >= 11 is 1.48. The van der Waals surface area contributed by atoms with Crippen LogP contribution >= 0.6 is 11.8 Å². The quantitative estimate of drug-likeness (QED) is 0.540. The zero-order chi connectivity index (χ0) is 6.57. The minimum atomic E-state index is -0.000648. The Morgan fingerprint density at radius 3 is 2.00 bits per heavy atom. The van der Waals surface area contributed by atoms with Crippen molar-refractivity contribution in [1.82, 2.24) is 0 Å². The highest BCUT2D eigenvalue weighted by molar-refractivity contribution is 7.99. The van der Waals surface area contributed by atoms with E-state index in [1.165, 1.54) is 11.8 Å². The first-order valence-corrected chi connectivity index (χ1v) is 3.93. The topological polar surface area (TPSA) is 19.9 Å². The predicted molar refractivity (Wildman–Crippen MR) is 37.4 cm³/mol. The van der Waals surface area contributed by atoms with Gasteiger partial charge in [-0.15, -0.1) is 11.8 Å². The molecule has 0 aliphatic rings. The Bertz CT molecular complexity index is 54.5. The fraction of sp³-hybridized carbons (Fsp3) is 1.00. The summed E-state index contributed by atoms with van der Waals surface area (Å²) in [6.45, 7) is 6.36. The Hall–Kier alpha value is 0.310. The van der Waals surface area contributed by atoms with E-state index >= 15 is 0 Å². The molecule has 0 fully saturated rings. The Balaban J connectivity index is 3.17. The van der Waals surface area contributed by atoms with E-state index in [2.05, 4.69) is 20.8 Å². The molecule has 0 spiro atoms. The normalized spacial score (nSPS) is 14.6. The van der Waals surface area contributed by atoms with Crippen LogP contribution in [0.25, 0.3) is 0 Å². The molecular formula is C6H13OS. The molecule has 0 aromatic heterocycles. The first-order valence-electron chi connectivity index (χ1n) is 2.88. The first-order chi connectivity index (χ1) is 3.68. The monoisotopic (exact) mass is 133 g/mol. The van der Waals surface area contributed by atoms with E-state index in [0.29, 0.717) is 11.2 Å². The maximum absolute atomic E-state index is 10.0. The third kappa shape index (κ3) is 3.33. The highest BCUT2D eigenvalue weighted by Gasteiger charge is 2.05. The standard InChI is InChI=1S/C6H13OS/c1-5(2)6(3)8-4-7/h5-6H,4H2,1-3H3. The van der Waals surface area contributed by atoms with Crippen LogP contribution in [0, 0.1) is 5.92 Å². The third-order valence-corrected chi connectivity index (χ3v) is 2.48. The molecule has 1 nitrogen and oxygen atoms in total. The molecule has 2 heteroatoms. The van der Waals surface area contributed by atoms with Gasteiger partial charge in [-0.25, -0.2) is 5.11 Å². The van der Waals surface area contributed by atoms with Crippen LogP contribution in [0.15, 0.2) is 0 Å². The smallest absolute Gasteiger partial charge is 0.128 e. The summed E-state index contributed by atoms with van der Waals surface area (Å²) in [7, 11) is 0. The SMILES string of the molecule is CC(C)C(C)SC[O]. The lowest BCUT2D eigenvalue weighted by molar-refractivity contribution is 0.259. The molecule has 8 heavy (non-hydrogen) atoms. The predicted octanol–water partition coefficient (Wildman–Crippen LogP) is 2.15. The van der Waals surface area contributed by atoms with Crippen LogP contribution < -0.4 is 0 Å². The van der Waals surface area contributed by atoms with Crippen LogP contribution in [0.2, 0.25) is 0 Å². The van der Waals surface area contributed by atoms with Gasteiger partial charge in [-0.1, -0.05) is 20.8 Å². The Labute approximate surface area is 55.5 Å². The molecule has 0 N–H and O–H groups in total. The highest BCUT2D eigenvalue weighted by Crippen LogP contribution is 2.16. The lowest BCUT2D eigenvalue weighted by atomic mass is 10.2. The van der Waals surface area contributed by atoms with Crippen molar-refractivity contribution >= 4 is 11.8 Å². The summed E-state index contributed by atoms with van der Waals surface area (Å²) in [4.78, 5) is 0. The summed E-state index contributed by atoms with van der Waals surface area (Å²) in [5.74, 6) is 0.633. The molecule has 0 aliphatic carbocycles. The molecule has 0 rings (SSSR count). The summed E-state index contributed by atoms with van der Waals surface area (Å²) in [5.41, 5.74) is 0. The van der Waals surface area contributed by atoms with Gasteiger partial charge >= 0.3 is 0 Å². The number of thioether (sulfide) groups is 1. The van der Waals surface area contributed by atoms with Crippen molar-refractivity contribution in [2.75, 3.05) is 5.94 Å². The number of rotatable bonds is 3. The van der Waals surface area contributed by atoms with Gasteiger partial charge in [-0.2, -0.15) is 0 Å². The van der Waals surface area contributed by atoms with Gasteiger partial charge in [-0.3, -0.25) is 0 Å². The molecule has 0 saturated heterocycles. The lowest BCUT2D eigenvalue weighted by Gasteiger charge is -2.11. The maximum Gasteiger partial charge on any atom is 0.128 e. The van der Waals surface area contributed by atoms with Crippen LogP contribution in [-0.2, 0) is 5.11 Å².